The number of amides is 1. The highest BCUT2D eigenvalue weighted by atomic mass is 16.4. The second-order valence-corrected chi connectivity index (χ2v) is 6.07. The second kappa shape index (κ2) is 5.77. The molecule has 1 saturated carbocycles. The summed E-state index contributed by atoms with van der Waals surface area (Å²) in [6.45, 7) is 1.77. The molecular formula is C18H16N2O5. The smallest absolute Gasteiger partial charge is 0.339 e. The van der Waals surface area contributed by atoms with Gasteiger partial charge in [-0.2, -0.15) is 0 Å². The fourth-order valence-electron chi connectivity index (χ4n) is 2.70. The van der Waals surface area contributed by atoms with E-state index in [0.717, 1.165) is 18.7 Å². The van der Waals surface area contributed by atoms with Crippen molar-refractivity contribution in [1.82, 2.24) is 4.98 Å². The van der Waals surface area contributed by atoms with Crippen LogP contribution < -0.4 is 5.32 Å². The molecule has 4 rings (SSSR count). The van der Waals surface area contributed by atoms with Gasteiger partial charge in [-0.1, -0.05) is 6.92 Å². The zero-order valence-corrected chi connectivity index (χ0v) is 13.5. The highest BCUT2D eigenvalue weighted by Crippen LogP contribution is 2.40. The normalized spacial score (nSPS) is 14.0. The van der Waals surface area contributed by atoms with E-state index in [1.807, 2.05) is 0 Å². The number of aromatic nitrogens is 1. The number of rotatable bonds is 5. The standard InChI is InChI=1S/C18H16N2O5/c1-2-13-11(18(22)23)8-15(24-13)16(21)19-10-5-6-14-12(7-10)20-17(25-14)9-3-4-9/h5-9H,2-4H2,1H3,(H,19,21)(H,22,23). The molecule has 0 radical (unpaired) electrons. The molecule has 1 amide bonds. The minimum atomic E-state index is -1.11. The van der Waals surface area contributed by atoms with Crippen molar-refractivity contribution in [3.63, 3.8) is 0 Å². The molecule has 2 aromatic heterocycles. The molecule has 7 nitrogen and oxygen atoms in total. The minimum Gasteiger partial charge on any atom is -0.478 e. The molecule has 128 valence electrons. The first-order valence-corrected chi connectivity index (χ1v) is 8.13. The van der Waals surface area contributed by atoms with Crippen molar-refractivity contribution in [2.24, 2.45) is 0 Å². The van der Waals surface area contributed by atoms with Crippen LogP contribution in [0.4, 0.5) is 5.69 Å². The van der Waals surface area contributed by atoms with Gasteiger partial charge in [0.15, 0.2) is 17.2 Å². The van der Waals surface area contributed by atoms with E-state index in [1.165, 1.54) is 6.07 Å². The zero-order chi connectivity index (χ0) is 17.6. The highest BCUT2D eigenvalue weighted by molar-refractivity contribution is 6.04. The van der Waals surface area contributed by atoms with Crippen molar-refractivity contribution in [2.45, 2.75) is 32.1 Å². The van der Waals surface area contributed by atoms with E-state index in [-0.39, 0.29) is 17.1 Å². The molecule has 0 atom stereocenters. The third-order valence-corrected chi connectivity index (χ3v) is 4.17. The van der Waals surface area contributed by atoms with E-state index in [4.69, 9.17) is 13.9 Å². The van der Waals surface area contributed by atoms with Crippen LogP contribution in [0.2, 0.25) is 0 Å². The fraction of sp³-hybridized carbons (Fsp3) is 0.278. The average molecular weight is 340 g/mol. The molecule has 0 unspecified atom stereocenters. The summed E-state index contributed by atoms with van der Waals surface area (Å²) in [7, 11) is 0. The van der Waals surface area contributed by atoms with Gasteiger partial charge >= 0.3 is 5.97 Å². The average Bonchev–Trinajstić information content (AvgIpc) is 3.20. The van der Waals surface area contributed by atoms with Gasteiger partial charge in [0.25, 0.3) is 5.91 Å². The highest BCUT2D eigenvalue weighted by Gasteiger charge is 2.29. The molecule has 1 aliphatic carbocycles. The van der Waals surface area contributed by atoms with Gasteiger partial charge in [-0.25, -0.2) is 9.78 Å². The number of carbonyl (C=O) groups is 2. The monoisotopic (exact) mass is 340 g/mol. The van der Waals surface area contributed by atoms with Gasteiger partial charge < -0.3 is 19.3 Å². The number of nitrogens with zero attached hydrogens (tertiary/aromatic N) is 1. The number of furan rings is 1. The van der Waals surface area contributed by atoms with Gasteiger partial charge in [0.2, 0.25) is 0 Å². The van der Waals surface area contributed by atoms with Crippen LogP contribution >= 0.6 is 0 Å². The SMILES string of the molecule is CCc1oc(C(=O)Nc2ccc3oc(C4CC4)nc3c2)cc1C(=O)O. The maximum atomic E-state index is 12.3. The van der Waals surface area contributed by atoms with E-state index >= 15 is 0 Å². The molecule has 0 bridgehead atoms. The second-order valence-electron chi connectivity index (χ2n) is 6.07. The summed E-state index contributed by atoms with van der Waals surface area (Å²) in [4.78, 5) is 28.0. The van der Waals surface area contributed by atoms with Crippen LogP contribution in [-0.2, 0) is 6.42 Å². The van der Waals surface area contributed by atoms with E-state index in [1.54, 1.807) is 25.1 Å². The molecule has 3 aromatic rings. The van der Waals surface area contributed by atoms with Crippen LogP contribution in [-0.4, -0.2) is 22.0 Å². The number of fused-ring (bicyclic) bond motifs is 1. The lowest BCUT2D eigenvalue weighted by Gasteiger charge is -2.02. The first-order valence-electron chi connectivity index (χ1n) is 8.13. The molecule has 0 saturated heterocycles. The lowest BCUT2D eigenvalue weighted by molar-refractivity contribution is 0.0694. The maximum absolute atomic E-state index is 12.3. The number of hydrogen-bond acceptors (Lipinski definition) is 5. The van der Waals surface area contributed by atoms with Crippen molar-refractivity contribution in [2.75, 3.05) is 5.32 Å². The molecule has 0 spiro atoms. The minimum absolute atomic E-state index is 0.00804. The van der Waals surface area contributed by atoms with Gasteiger partial charge in [0.1, 0.15) is 16.8 Å². The molecule has 7 heteroatoms. The lowest BCUT2D eigenvalue weighted by Crippen LogP contribution is -2.10. The van der Waals surface area contributed by atoms with E-state index in [0.29, 0.717) is 29.1 Å². The third kappa shape index (κ3) is 2.88. The van der Waals surface area contributed by atoms with Crippen LogP contribution in [0.3, 0.4) is 0 Å². The predicted molar refractivity (Wildman–Crippen MR) is 89.0 cm³/mol. The topological polar surface area (TPSA) is 106 Å². The van der Waals surface area contributed by atoms with E-state index < -0.39 is 11.9 Å². The quantitative estimate of drug-likeness (QED) is 0.731. The number of aryl methyl sites for hydroxylation is 1. The summed E-state index contributed by atoms with van der Waals surface area (Å²) in [6, 6.07) is 6.44. The third-order valence-electron chi connectivity index (χ3n) is 4.17. The zero-order valence-electron chi connectivity index (χ0n) is 13.5. The number of carboxylic acid groups (broad SMARTS) is 1. The molecule has 0 aliphatic heterocycles. The van der Waals surface area contributed by atoms with Crippen molar-refractivity contribution < 1.29 is 23.5 Å². The summed E-state index contributed by atoms with van der Waals surface area (Å²) >= 11 is 0. The van der Waals surface area contributed by atoms with Crippen LogP contribution in [0.25, 0.3) is 11.1 Å². The number of hydrogen-bond donors (Lipinski definition) is 2. The first-order chi connectivity index (χ1) is 12.0. The maximum Gasteiger partial charge on any atom is 0.339 e. The molecule has 25 heavy (non-hydrogen) atoms. The summed E-state index contributed by atoms with van der Waals surface area (Å²) < 4.78 is 11.1. The van der Waals surface area contributed by atoms with Crippen molar-refractivity contribution in [3.8, 4) is 0 Å². The predicted octanol–water partition coefficient (Wildman–Crippen LogP) is 3.81. The van der Waals surface area contributed by atoms with Crippen molar-refractivity contribution in [3.05, 3.63) is 47.2 Å². The van der Waals surface area contributed by atoms with Crippen LogP contribution in [0.15, 0.2) is 33.1 Å². The van der Waals surface area contributed by atoms with E-state index in [2.05, 4.69) is 10.3 Å². The summed E-state index contributed by atoms with van der Waals surface area (Å²) in [5.74, 6) is -0.228. The van der Waals surface area contributed by atoms with Gasteiger partial charge in [0.05, 0.1) is 0 Å². The van der Waals surface area contributed by atoms with Crippen LogP contribution in [0, 0.1) is 0 Å². The molecule has 2 N–H and O–H groups in total. The number of anilines is 1. The Morgan fingerprint density at radius 1 is 1.28 bits per heavy atom. The van der Waals surface area contributed by atoms with Gasteiger partial charge in [-0.05, 0) is 31.0 Å². The summed E-state index contributed by atoms with van der Waals surface area (Å²) in [5, 5.41) is 11.8. The largest absolute Gasteiger partial charge is 0.478 e. The molecule has 2 heterocycles. The molecule has 1 aliphatic rings. The summed E-state index contributed by atoms with van der Waals surface area (Å²) in [5.41, 5.74) is 1.91. The first kappa shape index (κ1) is 15.4. The van der Waals surface area contributed by atoms with Gasteiger partial charge in [-0.15, -0.1) is 0 Å². The number of carbonyl (C=O) groups excluding carboxylic acids is 1. The Balaban J connectivity index is 1.57. The number of carboxylic acids is 1. The number of oxazole rings is 1. The molecular weight excluding hydrogens is 324 g/mol. The Labute approximate surface area is 142 Å². The number of nitrogens with one attached hydrogen (secondary N) is 1. The summed E-state index contributed by atoms with van der Waals surface area (Å²) in [6.07, 6.45) is 2.59. The van der Waals surface area contributed by atoms with Crippen molar-refractivity contribution in [1.29, 1.82) is 0 Å². The van der Waals surface area contributed by atoms with Gasteiger partial charge in [0, 0.05) is 24.1 Å². The Morgan fingerprint density at radius 3 is 2.72 bits per heavy atom. The Hall–Kier alpha value is -3.09. The fourth-order valence-corrected chi connectivity index (χ4v) is 2.70. The number of benzene rings is 1. The van der Waals surface area contributed by atoms with Crippen LogP contribution in [0.5, 0.6) is 0 Å². The molecule has 1 aromatic carbocycles. The Morgan fingerprint density at radius 2 is 2.08 bits per heavy atom. The van der Waals surface area contributed by atoms with Crippen molar-refractivity contribution >= 4 is 28.7 Å². The number of aromatic carboxylic acids is 1. The molecule has 1 fully saturated rings. The van der Waals surface area contributed by atoms with E-state index in [9.17, 15) is 9.59 Å². The Kier molecular flexibility index (Phi) is 3.56. The van der Waals surface area contributed by atoms with Crippen LogP contribution in [0.1, 0.15) is 58.2 Å². The van der Waals surface area contributed by atoms with Gasteiger partial charge in [-0.3, -0.25) is 4.79 Å². The lowest BCUT2D eigenvalue weighted by atomic mass is 10.2. The Bertz CT molecular complexity index is 981.